The largest absolute Gasteiger partial charge is 0.381 e. The van der Waals surface area contributed by atoms with E-state index in [0.29, 0.717) is 34.2 Å². The number of pyridine rings is 2. The van der Waals surface area contributed by atoms with Gasteiger partial charge in [-0.25, -0.2) is 4.98 Å². The van der Waals surface area contributed by atoms with Crippen molar-refractivity contribution in [2.75, 3.05) is 24.8 Å². The highest BCUT2D eigenvalue weighted by Crippen LogP contribution is 2.23. The molecule has 2 atom stereocenters. The number of rotatable bonds is 7. The van der Waals surface area contributed by atoms with E-state index in [4.69, 9.17) is 4.74 Å². The molecule has 1 unspecified atom stereocenters. The van der Waals surface area contributed by atoms with E-state index < -0.39 is 0 Å². The van der Waals surface area contributed by atoms with Gasteiger partial charge in [-0.1, -0.05) is 0 Å². The van der Waals surface area contributed by atoms with E-state index >= 15 is 0 Å². The van der Waals surface area contributed by atoms with Crippen LogP contribution in [0.3, 0.4) is 0 Å². The van der Waals surface area contributed by atoms with Gasteiger partial charge in [0.25, 0.3) is 11.5 Å². The van der Waals surface area contributed by atoms with Gasteiger partial charge in [0.1, 0.15) is 22.9 Å². The predicted molar refractivity (Wildman–Crippen MR) is 136 cm³/mol. The van der Waals surface area contributed by atoms with Gasteiger partial charge in [0, 0.05) is 38.7 Å². The number of nitrogens with one attached hydrogen (secondary N) is 3. The smallest absolute Gasteiger partial charge is 0.278 e. The zero-order valence-corrected chi connectivity index (χ0v) is 20.1. The molecule has 0 radical (unpaired) electrons. The molecule has 36 heavy (non-hydrogen) atoms. The van der Waals surface area contributed by atoms with Crippen molar-refractivity contribution in [3.05, 3.63) is 71.0 Å². The normalized spacial score (nSPS) is 17.6. The Labute approximate surface area is 207 Å². The first kappa shape index (κ1) is 23.5. The number of aromatic nitrogens is 5. The Balaban J connectivity index is 1.45. The number of carbonyl (C=O) groups is 1. The average Bonchev–Trinajstić information content (AvgIpc) is 3.34. The minimum absolute atomic E-state index is 0.0338. The quantitative estimate of drug-likeness (QED) is 0.362. The van der Waals surface area contributed by atoms with Gasteiger partial charge in [0.05, 0.1) is 24.2 Å². The first-order valence-electron chi connectivity index (χ1n) is 11.9. The SMILES string of the molecule is CNc1cc(Nc2cccn(-c3cccnc3)c2=O)nc2c(C(=O)NC3CCC[C@H](OC)C3)cnn12. The fourth-order valence-corrected chi connectivity index (χ4v) is 4.55. The van der Waals surface area contributed by atoms with Crippen molar-refractivity contribution >= 4 is 28.9 Å². The first-order chi connectivity index (χ1) is 17.6. The second-order valence-electron chi connectivity index (χ2n) is 8.70. The monoisotopic (exact) mass is 488 g/mol. The highest BCUT2D eigenvalue weighted by Gasteiger charge is 2.25. The number of anilines is 3. The third-order valence-electron chi connectivity index (χ3n) is 6.40. The fourth-order valence-electron chi connectivity index (χ4n) is 4.55. The lowest BCUT2D eigenvalue weighted by Gasteiger charge is -2.28. The standard InChI is InChI=1S/C25H28N8O3/c1-26-22-13-21(30-20-9-5-11-32(25(20)35)17-7-4-10-27-14-17)31-23-19(15-28-33(22)23)24(34)29-16-6-3-8-18(12-16)36-2/h4-5,7,9-11,13-16,18,26H,3,6,8,12H2,1-2H3,(H,29,34)(H,30,31)/t16?,18-/m0/s1. The summed E-state index contributed by atoms with van der Waals surface area (Å²) in [5, 5.41) is 13.6. The number of hydrogen-bond acceptors (Lipinski definition) is 8. The average molecular weight is 489 g/mol. The third kappa shape index (κ3) is 4.65. The number of ether oxygens (including phenoxy) is 1. The Morgan fingerprint density at radius 2 is 2.08 bits per heavy atom. The lowest BCUT2D eigenvalue weighted by atomic mass is 9.92. The molecular weight excluding hydrogens is 460 g/mol. The summed E-state index contributed by atoms with van der Waals surface area (Å²) in [5.41, 5.74) is 1.46. The number of hydrogen-bond donors (Lipinski definition) is 3. The van der Waals surface area contributed by atoms with Crippen LogP contribution < -0.4 is 21.5 Å². The van der Waals surface area contributed by atoms with E-state index in [0.717, 1.165) is 25.7 Å². The molecule has 11 heteroatoms. The van der Waals surface area contributed by atoms with Crippen LogP contribution in [-0.4, -0.2) is 56.4 Å². The van der Waals surface area contributed by atoms with Crippen LogP contribution in [0.15, 0.2) is 59.9 Å². The van der Waals surface area contributed by atoms with E-state index in [2.05, 4.69) is 31.0 Å². The molecule has 186 valence electrons. The third-order valence-corrected chi connectivity index (χ3v) is 6.40. The van der Waals surface area contributed by atoms with E-state index in [-0.39, 0.29) is 23.6 Å². The summed E-state index contributed by atoms with van der Waals surface area (Å²) < 4.78 is 8.55. The van der Waals surface area contributed by atoms with Crippen LogP contribution in [0.1, 0.15) is 36.0 Å². The van der Waals surface area contributed by atoms with Crippen LogP contribution in [0.2, 0.25) is 0 Å². The molecule has 0 aromatic carbocycles. The van der Waals surface area contributed by atoms with E-state index in [9.17, 15) is 9.59 Å². The number of amides is 1. The van der Waals surface area contributed by atoms with Crippen LogP contribution in [0.5, 0.6) is 0 Å². The number of carbonyl (C=O) groups excluding carboxylic acids is 1. The predicted octanol–water partition coefficient (Wildman–Crippen LogP) is 2.75. The van der Waals surface area contributed by atoms with Gasteiger partial charge in [0.2, 0.25) is 0 Å². The maximum absolute atomic E-state index is 13.2. The van der Waals surface area contributed by atoms with Gasteiger partial charge in [-0.2, -0.15) is 9.61 Å². The second kappa shape index (κ2) is 10.2. The van der Waals surface area contributed by atoms with Gasteiger partial charge >= 0.3 is 0 Å². The maximum atomic E-state index is 13.2. The summed E-state index contributed by atoms with van der Waals surface area (Å²) in [6.07, 6.45) is 10.3. The summed E-state index contributed by atoms with van der Waals surface area (Å²) in [6.45, 7) is 0. The summed E-state index contributed by atoms with van der Waals surface area (Å²) >= 11 is 0. The van der Waals surface area contributed by atoms with Crippen molar-refractivity contribution in [3.8, 4) is 5.69 Å². The number of fused-ring (bicyclic) bond motifs is 1. The lowest BCUT2D eigenvalue weighted by molar-refractivity contribution is 0.0563. The highest BCUT2D eigenvalue weighted by molar-refractivity contribution is 6.00. The first-order valence-corrected chi connectivity index (χ1v) is 11.9. The van der Waals surface area contributed by atoms with Crippen LogP contribution in [-0.2, 0) is 4.74 Å². The van der Waals surface area contributed by atoms with E-state index in [1.54, 1.807) is 67.6 Å². The van der Waals surface area contributed by atoms with Crippen molar-refractivity contribution in [2.24, 2.45) is 0 Å². The topological polar surface area (TPSA) is 127 Å². The molecule has 5 rings (SSSR count). The molecule has 4 aromatic rings. The Morgan fingerprint density at radius 3 is 2.86 bits per heavy atom. The number of methoxy groups -OCH3 is 1. The minimum atomic E-state index is -0.255. The van der Waals surface area contributed by atoms with Crippen LogP contribution in [0.4, 0.5) is 17.3 Å². The zero-order valence-electron chi connectivity index (χ0n) is 20.1. The number of nitrogens with zero attached hydrogens (tertiary/aromatic N) is 5. The minimum Gasteiger partial charge on any atom is -0.381 e. The van der Waals surface area contributed by atoms with Crippen LogP contribution in [0.25, 0.3) is 11.3 Å². The van der Waals surface area contributed by atoms with Crippen molar-refractivity contribution < 1.29 is 9.53 Å². The Hall–Kier alpha value is -4.25. The molecule has 4 aromatic heterocycles. The molecule has 4 heterocycles. The van der Waals surface area contributed by atoms with Crippen molar-refractivity contribution in [3.63, 3.8) is 0 Å². The van der Waals surface area contributed by atoms with Gasteiger partial charge in [0.15, 0.2) is 5.65 Å². The highest BCUT2D eigenvalue weighted by atomic mass is 16.5. The van der Waals surface area contributed by atoms with Crippen molar-refractivity contribution in [1.82, 2.24) is 29.5 Å². The van der Waals surface area contributed by atoms with Gasteiger partial charge in [-0.3, -0.25) is 19.1 Å². The summed E-state index contributed by atoms with van der Waals surface area (Å²) in [7, 11) is 3.46. The summed E-state index contributed by atoms with van der Waals surface area (Å²) in [6, 6.07) is 8.78. The van der Waals surface area contributed by atoms with Crippen molar-refractivity contribution in [2.45, 2.75) is 37.8 Å². The van der Waals surface area contributed by atoms with Crippen molar-refractivity contribution in [1.29, 1.82) is 0 Å². The lowest BCUT2D eigenvalue weighted by Crippen LogP contribution is -2.40. The van der Waals surface area contributed by atoms with E-state index in [1.807, 2.05) is 0 Å². The Bertz CT molecular complexity index is 1430. The molecule has 0 bridgehead atoms. The van der Waals surface area contributed by atoms with Gasteiger partial charge in [-0.05, 0) is 49.9 Å². The summed E-state index contributed by atoms with van der Waals surface area (Å²) in [4.78, 5) is 35.0. The molecular formula is C25H28N8O3. The molecule has 0 spiro atoms. The molecule has 0 aliphatic heterocycles. The van der Waals surface area contributed by atoms with Crippen LogP contribution in [0, 0.1) is 0 Å². The zero-order chi connectivity index (χ0) is 25.1. The maximum Gasteiger partial charge on any atom is 0.278 e. The summed E-state index contributed by atoms with van der Waals surface area (Å²) in [5.74, 6) is 0.777. The van der Waals surface area contributed by atoms with Gasteiger partial charge < -0.3 is 20.7 Å². The molecule has 1 fully saturated rings. The fraction of sp³-hybridized carbons (Fsp3) is 0.320. The molecule has 1 saturated carbocycles. The van der Waals surface area contributed by atoms with Gasteiger partial charge in [-0.15, -0.1) is 0 Å². The molecule has 1 amide bonds. The molecule has 0 saturated heterocycles. The van der Waals surface area contributed by atoms with Crippen LogP contribution >= 0.6 is 0 Å². The Morgan fingerprint density at radius 1 is 1.19 bits per heavy atom. The molecule has 1 aliphatic rings. The molecule has 11 nitrogen and oxygen atoms in total. The second-order valence-corrected chi connectivity index (χ2v) is 8.70. The molecule has 1 aliphatic carbocycles. The Kier molecular flexibility index (Phi) is 6.63. The van der Waals surface area contributed by atoms with E-state index in [1.165, 1.54) is 10.8 Å². The molecule has 3 N–H and O–H groups in total.